The van der Waals surface area contributed by atoms with Crippen LogP contribution >= 0.6 is 0 Å². The summed E-state index contributed by atoms with van der Waals surface area (Å²) in [6, 6.07) is 25.0. The number of anilines is 1. The summed E-state index contributed by atoms with van der Waals surface area (Å²) in [5.74, 6) is -0.479. The number of benzene rings is 4. The van der Waals surface area contributed by atoms with Gasteiger partial charge in [0.05, 0.1) is 23.2 Å². The number of carbonyl (C=O) groups is 2. The third-order valence-corrected chi connectivity index (χ3v) is 8.17. The zero-order valence-electron chi connectivity index (χ0n) is 22.0. The molecule has 0 fully saturated rings. The molecule has 0 saturated heterocycles. The average Bonchev–Trinajstić information content (AvgIpc) is 3.64. The van der Waals surface area contributed by atoms with Crippen LogP contribution in [-0.2, 0) is 23.4 Å². The molecule has 0 bridgehead atoms. The smallest absolute Gasteiger partial charge is 0.291 e. The monoisotopic (exact) mass is 560 g/mol. The number of fused-ring (bicyclic) bond motifs is 6. The SMILES string of the molecule is O=C1c2oc3ccccc3c(=O)c2C2(C(=O)N(Cc3ccc(F)cc3)c3ccccc32)N1Cc1ccc2c(c1)OCO2. The highest BCUT2D eigenvalue weighted by Crippen LogP contribution is 2.53. The van der Waals surface area contributed by atoms with Crippen LogP contribution in [0.15, 0.2) is 100 Å². The third kappa shape index (κ3) is 3.24. The normalized spacial score (nSPS) is 18.3. The maximum atomic E-state index is 14.9. The van der Waals surface area contributed by atoms with Crippen molar-refractivity contribution in [2.75, 3.05) is 11.7 Å². The maximum absolute atomic E-state index is 14.9. The number of ether oxygens (including phenoxy) is 2. The van der Waals surface area contributed by atoms with E-state index < -0.39 is 28.6 Å². The van der Waals surface area contributed by atoms with Gasteiger partial charge < -0.3 is 23.7 Å². The molecule has 4 heterocycles. The second-order valence-electron chi connectivity index (χ2n) is 10.5. The molecule has 2 amide bonds. The molecule has 9 heteroatoms. The van der Waals surface area contributed by atoms with Gasteiger partial charge >= 0.3 is 0 Å². The lowest BCUT2D eigenvalue weighted by atomic mass is 9.83. The second kappa shape index (κ2) is 8.78. The van der Waals surface area contributed by atoms with E-state index in [4.69, 9.17) is 13.9 Å². The van der Waals surface area contributed by atoms with Crippen LogP contribution in [0.4, 0.5) is 10.1 Å². The molecule has 0 aliphatic carbocycles. The van der Waals surface area contributed by atoms with Crippen molar-refractivity contribution in [2.45, 2.75) is 18.6 Å². The Morgan fingerprint density at radius 3 is 2.38 bits per heavy atom. The molecule has 0 radical (unpaired) electrons. The molecule has 4 aromatic carbocycles. The minimum atomic E-state index is -1.79. The number of nitrogens with zero attached hydrogens (tertiary/aromatic N) is 2. The Balaban J connectivity index is 1.37. The summed E-state index contributed by atoms with van der Waals surface area (Å²) in [6.07, 6.45) is 0. The van der Waals surface area contributed by atoms with Crippen molar-refractivity contribution in [1.82, 2.24) is 4.90 Å². The quantitative estimate of drug-likeness (QED) is 0.304. The molecule has 3 aliphatic rings. The summed E-state index contributed by atoms with van der Waals surface area (Å²) < 4.78 is 30.8. The van der Waals surface area contributed by atoms with Crippen LogP contribution in [0, 0.1) is 5.82 Å². The number of carbonyl (C=O) groups excluding carboxylic acids is 2. The topological polar surface area (TPSA) is 89.3 Å². The number of rotatable bonds is 4. The predicted molar refractivity (Wildman–Crippen MR) is 150 cm³/mol. The van der Waals surface area contributed by atoms with Gasteiger partial charge in [-0.15, -0.1) is 0 Å². The molecule has 1 atom stereocenters. The first-order valence-corrected chi connectivity index (χ1v) is 13.4. The van der Waals surface area contributed by atoms with Crippen molar-refractivity contribution in [3.8, 4) is 11.5 Å². The molecule has 1 aromatic heterocycles. The zero-order chi connectivity index (χ0) is 28.6. The highest BCUT2D eigenvalue weighted by atomic mass is 19.1. The van der Waals surface area contributed by atoms with Gasteiger partial charge in [-0.25, -0.2) is 4.39 Å². The lowest BCUT2D eigenvalue weighted by molar-refractivity contribution is -0.126. The molecule has 8 nitrogen and oxygen atoms in total. The number of hydrogen-bond donors (Lipinski definition) is 0. The van der Waals surface area contributed by atoms with Crippen LogP contribution in [-0.4, -0.2) is 23.5 Å². The lowest BCUT2D eigenvalue weighted by Crippen LogP contribution is -2.52. The Morgan fingerprint density at radius 1 is 0.786 bits per heavy atom. The molecule has 3 aliphatic heterocycles. The summed E-state index contributed by atoms with van der Waals surface area (Å²) in [6.45, 7) is 0.185. The Kier molecular flexibility index (Phi) is 5.09. The summed E-state index contributed by atoms with van der Waals surface area (Å²) in [5, 5.41) is 0.274. The Bertz CT molecular complexity index is 2020. The minimum Gasteiger partial charge on any atom is -0.454 e. The average molecular weight is 561 g/mol. The van der Waals surface area contributed by atoms with E-state index in [0.29, 0.717) is 33.9 Å². The number of para-hydroxylation sites is 2. The molecular weight excluding hydrogens is 539 g/mol. The molecule has 0 N–H and O–H groups in total. The van der Waals surface area contributed by atoms with E-state index in [9.17, 15) is 18.8 Å². The third-order valence-electron chi connectivity index (χ3n) is 8.17. The van der Waals surface area contributed by atoms with Gasteiger partial charge in [0.25, 0.3) is 11.8 Å². The highest BCUT2D eigenvalue weighted by Gasteiger charge is 2.65. The molecular formula is C33H21FN2O6. The minimum absolute atomic E-state index is 0.00833. The van der Waals surface area contributed by atoms with Crippen LogP contribution in [0.25, 0.3) is 11.0 Å². The van der Waals surface area contributed by atoms with Gasteiger partial charge in [0.15, 0.2) is 22.5 Å². The fourth-order valence-electron chi connectivity index (χ4n) is 6.31. The first-order valence-electron chi connectivity index (χ1n) is 13.4. The number of amides is 2. The van der Waals surface area contributed by atoms with Crippen LogP contribution in [0.1, 0.15) is 32.8 Å². The van der Waals surface area contributed by atoms with Gasteiger partial charge in [-0.2, -0.15) is 0 Å². The van der Waals surface area contributed by atoms with Crippen molar-refractivity contribution >= 4 is 28.5 Å². The van der Waals surface area contributed by atoms with E-state index in [0.717, 1.165) is 0 Å². The van der Waals surface area contributed by atoms with Crippen LogP contribution in [0.5, 0.6) is 11.5 Å². The van der Waals surface area contributed by atoms with Gasteiger partial charge in [0.2, 0.25) is 12.6 Å². The molecule has 0 saturated carbocycles. The fourth-order valence-corrected chi connectivity index (χ4v) is 6.31. The summed E-state index contributed by atoms with van der Waals surface area (Å²) in [7, 11) is 0. The Morgan fingerprint density at radius 2 is 1.52 bits per heavy atom. The Hall–Kier alpha value is -5.44. The Labute approximate surface area is 238 Å². The lowest BCUT2D eigenvalue weighted by Gasteiger charge is -2.34. The highest BCUT2D eigenvalue weighted by molar-refractivity contribution is 6.17. The van der Waals surface area contributed by atoms with Crippen LogP contribution < -0.4 is 19.8 Å². The predicted octanol–water partition coefficient (Wildman–Crippen LogP) is 5.11. The second-order valence-corrected chi connectivity index (χ2v) is 10.5. The number of halogens is 1. The molecule has 8 rings (SSSR count). The van der Waals surface area contributed by atoms with Crippen molar-refractivity contribution in [3.05, 3.63) is 135 Å². The maximum Gasteiger partial charge on any atom is 0.291 e. The van der Waals surface area contributed by atoms with E-state index in [2.05, 4.69) is 0 Å². The van der Waals surface area contributed by atoms with E-state index in [1.165, 1.54) is 17.0 Å². The zero-order valence-corrected chi connectivity index (χ0v) is 22.0. The van der Waals surface area contributed by atoms with Gasteiger partial charge in [-0.05, 0) is 53.6 Å². The fraction of sp³-hybridized carbons (Fsp3) is 0.121. The first-order chi connectivity index (χ1) is 20.5. The van der Waals surface area contributed by atoms with E-state index in [1.54, 1.807) is 83.8 Å². The van der Waals surface area contributed by atoms with E-state index in [-0.39, 0.29) is 42.2 Å². The van der Waals surface area contributed by atoms with Crippen molar-refractivity contribution in [3.63, 3.8) is 0 Å². The molecule has 206 valence electrons. The van der Waals surface area contributed by atoms with E-state index in [1.807, 2.05) is 0 Å². The number of hydrogen-bond acceptors (Lipinski definition) is 6. The van der Waals surface area contributed by atoms with Crippen molar-refractivity contribution in [2.24, 2.45) is 0 Å². The van der Waals surface area contributed by atoms with Gasteiger partial charge in [-0.1, -0.05) is 48.5 Å². The molecule has 1 unspecified atom stereocenters. The summed E-state index contributed by atoms with van der Waals surface area (Å²) >= 11 is 0. The van der Waals surface area contributed by atoms with Crippen LogP contribution in [0.3, 0.4) is 0 Å². The van der Waals surface area contributed by atoms with Crippen LogP contribution in [0.2, 0.25) is 0 Å². The molecule has 5 aromatic rings. The van der Waals surface area contributed by atoms with Crippen molar-refractivity contribution in [1.29, 1.82) is 0 Å². The molecule has 1 spiro atoms. The summed E-state index contributed by atoms with van der Waals surface area (Å²) in [4.78, 5) is 46.4. The van der Waals surface area contributed by atoms with Gasteiger partial charge in [0.1, 0.15) is 11.4 Å². The van der Waals surface area contributed by atoms with Gasteiger partial charge in [-0.3, -0.25) is 14.4 Å². The van der Waals surface area contributed by atoms with Crippen molar-refractivity contribution < 1.29 is 27.9 Å². The summed E-state index contributed by atoms with van der Waals surface area (Å²) in [5.41, 5.74) is 0.434. The largest absolute Gasteiger partial charge is 0.454 e. The van der Waals surface area contributed by atoms with E-state index >= 15 is 0 Å². The first kappa shape index (κ1) is 24.4. The standard InChI is InChI=1S/C33H21FN2O6/c34-21-12-9-19(10-13-21)16-35-24-7-3-2-6-23(24)33(32(35)39)28-29(37)22-5-1-4-8-25(22)42-30(28)31(38)36(33)17-20-11-14-26-27(15-20)41-18-40-26/h1-15H,16-18H2. The van der Waals surface area contributed by atoms with Gasteiger partial charge in [0, 0.05) is 12.1 Å². The molecule has 42 heavy (non-hydrogen) atoms.